The lowest BCUT2D eigenvalue weighted by Gasteiger charge is -2.07. The fraction of sp³-hybridized carbons (Fsp3) is 0.300. The van der Waals surface area contributed by atoms with Crippen molar-refractivity contribution in [2.45, 2.75) is 6.61 Å². The molecule has 82 valence electrons. The van der Waals surface area contributed by atoms with Crippen LogP contribution in [0.2, 0.25) is 0 Å². The minimum absolute atomic E-state index is 0.139. The number of carbonyl (C=O) groups is 1. The summed E-state index contributed by atoms with van der Waals surface area (Å²) in [4.78, 5) is 10.3. The van der Waals surface area contributed by atoms with E-state index in [2.05, 4.69) is 4.74 Å². The fourth-order valence-electron chi connectivity index (χ4n) is 1.09. The molecule has 1 aromatic rings. The van der Waals surface area contributed by atoms with Crippen LogP contribution in [0.4, 0.5) is 4.79 Å². The Kier molecular flexibility index (Phi) is 3.95. The quantitative estimate of drug-likeness (QED) is 0.608. The third-order valence-corrected chi connectivity index (χ3v) is 3.56. The highest BCUT2D eigenvalue weighted by Crippen LogP contribution is 2.34. The van der Waals surface area contributed by atoms with E-state index >= 15 is 0 Å². The Morgan fingerprint density at radius 3 is 2.27 bits per heavy atom. The molecule has 0 radical (unpaired) electrons. The highest BCUT2D eigenvalue weighted by molar-refractivity contribution is 7.70. The third-order valence-electron chi connectivity index (χ3n) is 1.91. The molecule has 0 spiro atoms. The van der Waals surface area contributed by atoms with Gasteiger partial charge in [0, 0.05) is 16.9 Å². The van der Waals surface area contributed by atoms with E-state index in [4.69, 9.17) is 11.6 Å². The number of hydrogen-bond donors (Lipinski definition) is 0. The molecule has 0 aliphatic rings. The van der Waals surface area contributed by atoms with Crippen LogP contribution in [-0.4, -0.2) is 18.8 Å². The van der Waals surface area contributed by atoms with E-state index < -0.39 is 12.6 Å². The van der Waals surface area contributed by atoms with Crippen molar-refractivity contribution in [3.63, 3.8) is 0 Å². The van der Waals surface area contributed by atoms with E-state index in [1.54, 1.807) is 37.6 Å². The van der Waals surface area contributed by atoms with Gasteiger partial charge in [-0.15, -0.1) is 0 Å². The molecule has 0 aliphatic heterocycles. The second kappa shape index (κ2) is 4.82. The van der Waals surface area contributed by atoms with Gasteiger partial charge in [-0.2, -0.15) is 0 Å². The van der Waals surface area contributed by atoms with Crippen molar-refractivity contribution in [2.24, 2.45) is 0 Å². The van der Waals surface area contributed by atoms with Gasteiger partial charge in [0.1, 0.15) is 13.7 Å². The molecule has 0 atom stereocenters. The second-order valence-corrected chi connectivity index (χ2v) is 7.07. The predicted octanol–water partition coefficient (Wildman–Crippen LogP) is 2.81. The lowest BCUT2D eigenvalue weighted by atomic mass is 10.2. The van der Waals surface area contributed by atoms with E-state index in [1.807, 2.05) is 0 Å². The molecule has 0 saturated heterocycles. The zero-order valence-electron chi connectivity index (χ0n) is 8.57. The summed E-state index contributed by atoms with van der Waals surface area (Å²) in [6.45, 7) is 3.56. The molecule has 0 heterocycles. The van der Waals surface area contributed by atoms with Crippen LogP contribution < -0.4 is 5.30 Å². The van der Waals surface area contributed by atoms with E-state index in [1.165, 1.54) is 0 Å². The SMILES string of the molecule is CP(C)(=O)c1ccc(COC(=O)Cl)cc1. The predicted molar refractivity (Wildman–Crippen MR) is 61.6 cm³/mol. The van der Waals surface area contributed by atoms with Gasteiger partial charge in [0.15, 0.2) is 0 Å². The van der Waals surface area contributed by atoms with Gasteiger partial charge in [0.2, 0.25) is 0 Å². The molecule has 0 saturated carbocycles. The van der Waals surface area contributed by atoms with Crippen LogP contribution in [0.3, 0.4) is 0 Å². The molecule has 0 bridgehead atoms. The number of rotatable bonds is 3. The van der Waals surface area contributed by atoms with Crippen molar-refractivity contribution in [1.29, 1.82) is 0 Å². The maximum absolute atomic E-state index is 11.7. The van der Waals surface area contributed by atoms with Gasteiger partial charge in [-0.05, 0) is 18.9 Å². The van der Waals surface area contributed by atoms with Crippen LogP contribution in [0.25, 0.3) is 0 Å². The van der Waals surface area contributed by atoms with Gasteiger partial charge >= 0.3 is 5.43 Å². The third kappa shape index (κ3) is 4.06. The van der Waals surface area contributed by atoms with E-state index in [-0.39, 0.29) is 6.61 Å². The van der Waals surface area contributed by atoms with Crippen LogP contribution in [0.1, 0.15) is 5.56 Å². The highest BCUT2D eigenvalue weighted by atomic mass is 35.5. The zero-order valence-corrected chi connectivity index (χ0v) is 10.2. The normalized spacial score (nSPS) is 11.1. The molecule has 0 aliphatic carbocycles. The van der Waals surface area contributed by atoms with Crippen LogP contribution in [0.15, 0.2) is 24.3 Å². The van der Waals surface area contributed by atoms with Crippen molar-refractivity contribution in [2.75, 3.05) is 13.3 Å². The van der Waals surface area contributed by atoms with Gasteiger partial charge in [-0.1, -0.05) is 24.3 Å². The Labute approximate surface area is 93.8 Å². The summed E-state index contributed by atoms with van der Waals surface area (Å²) in [5, 5.41) is 0.809. The number of halogens is 1. The van der Waals surface area contributed by atoms with Crippen molar-refractivity contribution in [3.8, 4) is 0 Å². The largest absolute Gasteiger partial charge is 0.449 e. The average Bonchev–Trinajstić information content (AvgIpc) is 2.14. The molecule has 0 amide bonds. The van der Waals surface area contributed by atoms with Crippen molar-refractivity contribution in [3.05, 3.63) is 29.8 Å². The molecule has 0 aromatic heterocycles. The van der Waals surface area contributed by atoms with Crippen LogP contribution >= 0.6 is 18.7 Å². The smallest absolute Gasteiger partial charge is 0.404 e. The average molecular weight is 247 g/mol. The van der Waals surface area contributed by atoms with Crippen LogP contribution in [-0.2, 0) is 15.9 Å². The number of ether oxygens (including phenoxy) is 1. The summed E-state index contributed by atoms with van der Waals surface area (Å²) < 4.78 is 16.3. The van der Waals surface area contributed by atoms with Crippen molar-refractivity contribution < 1.29 is 14.1 Å². The topological polar surface area (TPSA) is 43.4 Å². The molecule has 15 heavy (non-hydrogen) atoms. The molecule has 0 N–H and O–H groups in total. The lowest BCUT2D eigenvalue weighted by molar-refractivity contribution is 0.167. The molecule has 0 fully saturated rings. The Hall–Kier alpha value is -0.790. The van der Waals surface area contributed by atoms with Crippen LogP contribution in [0.5, 0.6) is 0 Å². The minimum Gasteiger partial charge on any atom is -0.449 e. The molecule has 1 aromatic carbocycles. The maximum Gasteiger partial charge on any atom is 0.404 e. The summed E-state index contributed by atoms with van der Waals surface area (Å²) in [6, 6.07) is 7.10. The lowest BCUT2D eigenvalue weighted by Crippen LogP contribution is -2.03. The monoisotopic (exact) mass is 246 g/mol. The molecular weight excluding hydrogens is 235 g/mol. The number of hydrogen-bond acceptors (Lipinski definition) is 3. The van der Waals surface area contributed by atoms with E-state index in [0.717, 1.165) is 10.9 Å². The summed E-state index contributed by atoms with van der Waals surface area (Å²) in [5.74, 6) is 0. The van der Waals surface area contributed by atoms with Crippen LogP contribution in [0, 0.1) is 0 Å². The second-order valence-electron chi connectivity index (χ2n) is 3.54. The van der Waals surface area contributed by atoms with E-state index in [0.29, 0.717) is 0 Å². The van der Waals surface area contributed by atoms with Gasteiger partial charge in [-0.3, -0.25) is 0 Å². The number of benzene rings is 1. The summed E-state index contributed by atoms with van der Waals surface area (Å²) in [6.07, 6.45) is 0. The first-order valence-electron chi connectivity index (χ1n) is 4.36. The van der Waals surface area contributed by atoms with Gasteiger partial charge in [0.05, 0.1) is 0 Å². The first-order valence-corrected chi connectivity index (χ1v) is 7.34. The fourth-order valence-corrected chi connectivity index (χ4v) is 2.01. The number of carbonyl (C=O) groups excluding carboxylic acids is 1. The zero-order chi connectivity index (χ0) is 11.5. The Balaban J connectivity index is 2.73. The first-order chi connectivity index (χ1) is 6.89. The van der Waals surface area contributed by atoms with Gasteiger partial charge in [0.25, 0.3) is 0 Å². The van der Waals surface area contributed by atoms with Gasteiger partial charge < -0.3 is 9.30 Å². The molecule has 5 heteroatoms. The van der Waals surface area contributed by atoms with Gasteiger partial charge in [-0.25, -0.2) is 4.79 Å². The summed E-state index contributed by atoms with van der Waals surface area (Å²) >= 11 is 5.03. The first kappa shape index (κ1) is 12.3. The maximum atomic E-state index is 11.7. The molecule has 3 nitrogen and oxygen atoms in total. The molecule has 0 unspecified atom stereocenters. The molecular formula is C10H12ClO3P. The Bertz CT molecular complexity index is 394. The van der Waals surface area contributed by atoms with E-state index in [9.17, 15) is 9.36 Å². The standard InChI is InChI=1S/C10H12ClO3P/c1-15(2,13)9-5-3-8(4-6-9)7-14-10(11)12/h3-6H,7H2,1-2H3. The highest BCUT2D eigenvalue weighted by Gasteiger charge is 2.10. The van der Waals surface area contributed by atoms with Crippen molar-refractivity contribution in [1.82, 2.24) is 0 Å². The summed E-state index contributed by atoms with van der Waals surface area (Å²) in [7, 11) is -2.21. The Morgan fingerprint density at radius 2 is 1.87 bits per heavy atom. The van der Waals surface area contributed by atoms with Crippen molar-refractivity contribution >= 4 is 29.5 Å². The summed E-state index contributed by atoms with van der Waals surface area (Å²) in [5.41, 5.74) is -0.00284. The Morgan fingerprint density at radius 1 is 1.33 bits per heavy atom. The minimum atomic E-state index is -2.21. The molecule has 1 rings (SSSR count).